The fourth-order valence-corrected chi connectivity index (χ4v) is 3.17. The number of benzene rings is 1. The molecule has 1 aliphatic carbocycles. The highest BCUT2D eigenvalue weighted by atomic mass is 35.5. The average Bonchev–Trinajstić information content (AvgIpc) is 3.52. The van der Waals surface area contributed by atoms with E-state index in [0.717, 1.165) is 18.5 Å². The quantitative estimate of drug-likeness (QED) is 0.581. The molecule has 8 heteroatoms. The van der Waals surface area contributed by atoms with Gasteiger partial charge in [0.1, 0.15) is 11.1 Å². The van der Waals surface area contributed by atoms with Gasteiger partial charge < -0.3 is 10.1 Å². The number of ether oxygens (including phenoxy) is 1. The Balaban J connectivity index is 1.70. The SMILES string of the molecule is CSc1nc(C2CC2)cc(C(=O)OCC(=O)Nc2ccc(Cl)cc2)c1C#N. The highest BCUT2D eigenvalue weighted by molar-refractivity contribution is 7.98. The van der Waals surface area contributed by atoms with E-state index in [1.807, 2.05) is 6.07 Å². The van der Waals surface area contributed by atoms with Crippen LogP contribution in [0.3, 0.4) is 0 Å². The molecule has 1 saturated carbocycles. The first-order valence-electron chi connectivity index (χ1n) is 8.23. The smallest absolute Gasteiger partial charge is 0.340 e. The predicted molar refractivity (Wildman–Crippen MR) is 103 cm³/mol. The van der Waals surface area contributed by atoms with Gasteiger partial charge in [-0.05, 0) is 49.4 Å². The van der Waals surface area contributed by atoms with Gasteiger partial charge in [-0.15, -0.1) is 11.8 Å². The molecule has 0 atom stereocenters. The number of carbonyl (C=O) groups is 2. The minimum absolute atomic E-state index is 0.151. The van der Waals surface area contributed by atoms with Crippen LogP contribution < -0.4 is 5.32 Å². The van der Waals surface area contributed by atoms with Gasteiger partial charge in [0.2, 0.25) is 0 Å². The first-order valence-corrected chi connectivity index (χ1v) is 9.83. The van der Waals surface area contributed by atoms with Crippen molar-refractivity contribution in [2.24, 2.45) is 0 Å². The molecule has 0 unspecified atom stereocenters. The van der Waals surface area contributed by atoms with Crippen LogP contribution in [0.1, 0.15) is 40.4 Å². The molecule has 6 nitrogen and oxygen atoms in total. The fourth-order valence-electron chi connectivity index (χ4n) is 2.48. The van der Waals surface area contributed by atoms with E-state index in [0.29, 0.717) is 21.7 Å². The molecule has 0 aliphatic heterocycles. The molecular weight excluding hydrogens is 386 g/mol. The number of nitriles is 1. The Labute approximate surface area is 165 Å². The standard InChI is InChI=1S/C19H16ClN3O3S/c1-27-18-15(9-21)14(8-16(23-18)11-2-3-11)19(25)26-10-17(24)22-13-6-4-12(20)5-7-13/h4-8,11H,2-3,10H2,1H3,(H,22,24). The van der Waals surface area contributed by atoms with Crippen molar-refractivity contribution < 1.29 is 14.3 Å². The summed E-state index contributed by atoms with van der Waals surface area (Å²) in [5.41, 5.74) is 1.66. The molecule has 1 amide bonds. The Morgan fingerprint density at radius 3 is 2.67 bits per heavy atom. The Morgan fingerprint density at radius 2 is 2.07 bits per heavy atom. The lowest BCUT2D eigenvalue weighted by molar-refractivity contribution is -0.119. The third-order valence-corrected chi connectivity index (χ3v) is 4.92. The van der Waals surface area contributed by atoms with E-state index >= 15 is 0 Å². The summed E-state index contributed by atoms with van der Waals surface area (Å²) in [5, 5.41) is 13.1. The molecule has 138 valence electrons. The highest BCUT2D eigenvalue weighted by Gasteiger charge is 2.29. The van der Waals surface area contributed by atoms with Gasteiger partial charge in [0.05, 0.1) is 11.1 Å². The number of aromatic nitrogens is 1. The van der Waals surface area contributed by atoms with Gasteiger partial charge in [-0.3, -0.25) is 4.79 Å². The number of rotatable bonds is 6. The van der Waals surface area contributed by atoms with Gasteiger partial charge in [-0.25, -0.2) is 9.78 Å². The second kappa shape index (κ2) is 8.42. The first-order chi connectivity index (χ1) is 13.0. The predicted octanol–water partition coefficient (Wildman–Crippen LogP) is 4.00. The summed E-state index contributed by atoms with van der Waals surface area (Å²) < 4.78 is 5.12. The average molecular weight is 402 g/mol. The highest BCUT2D eigenvalue weighted by Crippen LogP contribution is 2.40. The molecule has 27 heavy (non-hydrogen) atoms. The lowest BCUT2D eigenvalue weighted by Crippen LogP contribution is -2.21. The number of thioether (sulfide) groups is 1. The normalized spacial score (nSPS) is 12.9. The van der Waals surface area contributed by atoms with Crippen LogP contribution in [0.4, 0.5) is 5.69 Å². The molecule has 1 N–H and O–H groups in total. The Bertz CT molecular complexity index is 921. The molecule has 0 saturated heterocycles. The largest absolute Gasteiger partial charge is 0.452 e. The lowest BCUT2D eigenvalue weighted by Gasteiger charge is -2.11. The summed E-state index contributed by atoms with van der Waals surface area (Å²) in [6.45, 7) is -0.456. The maximum atomic E-state index is 12.5. The summed E-state index contributed by atoms with van der Waals surface area (Å²) >= 11 is 7.10. The monoisotopic (exact) mass is 401 g/mol. The zero-order valence-electron chi connectivity index (χ0n) is 14.5. The van der Waals surface area contributed by atoms with Crippen LogP contribution in [0.5, 0.6) is 0 Å². The number of esters is 1. The van der Waals surface area contributed by atoms with Crippen molar-refractivity contribution in [1.82, 2.24) is 4.98 Å². The number of halogens is 1. The van der Waals surface area contributed by atoms with Gasteiger partial charge in [-0.2, -0.15) is 5.26 Å². The van der Waals surface area contributed by atoms with Crippen molar-refractivity contribution in [3.63, 3.8) is 0 Å². The van der Waals surface area contributed by atoms with E-state index in [1.165, 1.54) is 11.8 Å². The van der Waals surface area contributed by atoms with E-state index in [-0.39, 0.29) is 11.1 Å². The van der Waals surface area contributed by atoms with Crippen molar-refractivity contribution in [1.29, 1.82) is 5.26 Å². The molecule has 2 aromatic rings. The van der Waals surface area contributed by atoms with Crippen LogP contribution in [-0.4, -0.2) is 29.7 Å². The Morgan fingerprint density at radius 1 is 1.37 bits per heavy atom. The minimum Gasteiger partial charge on any atom is -0.452 e. The number of carbonyl (C=O) groups excluding carboxylic acids is 2. The van der Waals surface area contributed by atoms with Crippen LogP contribution in [-0.2, 0) is 9.53 Å². The van der Waals surface area contributed by atoms with Crippen LogP contribution >= 0.6 is 23.4 Å². The molecule has 0 radical (unpaired) electrons. The molecule has 0 spiro atoms. The number of nitrogens with one attached hydrogen (secondary N) is 1. The number of nitrogens with zero attached hydrogens (tertiary/aromatic N) is 2. The second-order valence-electron chi connectivity index (χ2n) is 6.00. The van der Waals surface area contributed by atoms with Gasteiger partial charge in [0.15, 0.2) is 6.61 Å². The maximum absolute atomic E-state index is 12.5. The molecule has 1 aromatic heterocycles. The zero-order valence-corrected chi connectivity index (χ0v) is 16.1. The molecular formula is C19H16ClN3O3S. The van der Waals surface area contributed by atoms with Crippen molar-refractivity contribution in [3.05, 3.63) is 52.2 Å². The minimum atomic E-state index is -0.711. The first kappa shape index (κ1) is 19.2. The second-order valence-corrected chi connectivity index (χ2v) is 7.23. The summed E-state index contributed by atoms with van der Waals surface area (Å²) in [7, 11) is 0. The summed E-state index contributed by atoms with van der Waals surface area (Å²) in [6.07, 6.45) is 3.84. The van der Waals surface area contributed by atoms with E-state index in [1.54, 1.807) is 36.6 Å². The lowest BCUT2D eigenvalue weighted by atomic mass is 10.1. The van der Waals surface area contributed by atoms with Crippen molar-refractivity contribution in [2.45, 2.75) is 23.8 Å². The topological polar surface area (TPSA) is 92.1 Å². The van der Waals surface area contributed by atoms with Gasteiger partial charge in [0.25, 0.3) is 5.91 Å². The van der Waals surface area contributed by atoms with Crippen LogP contribution in [0.2, 0.25) is 5.02 Å². The summed E-state index contributed by atoms with van der Waals surface area (Å²) in [6, 6.07) is 10.2. The van der Waals surface area contributed by atoms with Crippen LogP contribution in [0, 0.1) is 11.3 Å². The fraction of sp³-hybridized carbons (Fsp3) is 0.263. The van der Waals surface area contributed by atoms with E-state index in [2.05, 4.69) is 10.3 Å². The molecule has 1 aromatic carbocycles. The number of pyridine rings is 1. The summed E-state index contributed by atoms with van der Waals surface area (Å²) in [4.78, 5) is 28.9. The van der Waals surface area contributed by atoms with Gasteiger partial charge >= 0.3 is 5.97 Å². The molecule has 1 aliphatic rings. The van der Waals surface area contributed by atoms with E-state index < -0.39 is 18.5 Å². The van der Waals surface area contributed by atoms with Crippen molar-refractivity contribution in [3.8, 4) is 6.07 Å². The number of hydrogen-bond donors (Lipinski definition) is 1. The Hall–Kier alpha value is -2.56. The summed E-state index contributed by atoms with van der Waals surface area (Å²) in [5.74, 6) is -0.869. The number of anilines is 1. The van der Waals surface area contributed by atoms with Crippen molar-refractivity contribution >= 4 is 40.9 Å². The molecule has 1 fully saturated rings. The molecule has 1 heterocycles. The van der Waals surface area contributed by atoms with E-state index in [9.17, 15) is 14.9 Å². The van der Waals surface area contributed by atoms with Gasteiger partial charge in [0, 0.05) is 22.3 Å². The van der Waals surface area contributed by atoms with Crippen LogP contribution in [0.25, 0.3) is 0 Å². The van der Waals surface area contributed by atoms with E-state index in [4.69, 9.17) is 16.3 Å². The third kappa shape index (κ3) is 4.79. The third-order valence-electron chi connectivity index (χ3n) is 3.99. The molecule has 3 rings (SSSR count). The zero-order chi connectivity index (χ0) is 19.4. The van der Waals surface area contributed by atoms with Crippen molar-refractivity contribution in [2.75, 3.05) is 18.2 Å². The number of amides is 1. The van der Waals surface area contributed by atoms with Crippen LogP contribution in [0.15, 0.2) is 35.4 Å². The maximum Gasteiger partial charge on any atom is 0.340 e. The molecule has 0 bridgehead atoms. The van der Waals surface area contributed by atoms with Gasteiger partial charge in [-0.1, -0.05) is 11.6 Å². The Kier molecular flexibility index (Phi) is 5.99. The number of hydrogen-bond acceptors (Lipinski definition) is 6.